The molecule has 2 aromatic carbocycles. The fraction of sp³-hybridized carbons (Fsp3) is 0.0588. The predicted molar refractivity (Wildman–Crippen MR) is 94.9 cm³/mol. The maximum Gasteiger partial charge on any atom is 0.270 e. The van der Waals surface area contributed by atoms with Gasteiger partial charge >= 0.3 is 0 Å². The first-order valence-corrected chi connectivity index (χ1v) is 8.12. The van der Waals surface area contributed by atoms with Crippen LogP contribution in [0.25, 0.3) is 6.08 Å². The molecule has 0 radical (unpaired) electrons. The predicted octanol–water partition coefficient (Wildman–Crippen LogP) is 4.11. The van der Waals surface area contributed by atoms with Crippen molar-refractivity contribution in [3.05, 3.63) is 74.7 Å². The molecule has 1 aliphatic rings. The van der Waals surface area contributed by atoms with Crippen LogP contribution in [0.5, 0.6) is 0 Å². The molecule has 0 unspecified atom stereocenters. The van der Waals surface area contributed by atoms with Crippen molar-refractivity contribution in [1.82, 2.24) is 4.90 Å². The number of carbonyl (C=O) groups is 1. The molecule has 0 spiro atoms. The minimum Gasteiger partial charge on any atom is -0.290 e. The van der Waals surface area contributed by atoms with E-state index >= 15 is 0 Å². The second-order valence-corrected chi connectivity index (χ2v) is 6.33. The van der Waals surface area contributed by atoms with Crippen LogP contribution >= 0.6 is 11.8 Å². The van der Waals surface area contributed by atoms with Crippen LogP contribution in [0.4, 0.5) is 20.2 Å². The van der Waals surface area contributed by atoms with Gasteiger partial charge in [-0.2, -0.15) is 0 Å². The van der Waals surface area contributed by atoms with E-state index in [2.05, 4.69) is 4.99 Å². The number of non-ortho nitro benzene ring substituents is 1. The number of rotatable bonds is 3. The molecule has 0 N–H and O–H groups in total. The van der Waals surface area contributed by atoms with Crippen LogP contribution in [0.3, 0.4) is 0 Å². The third-order valence-electron chi connectivity index (χ3n) is 3.51. The molecule has 0 aliphatic carbocycles. The monoisotopic (exact) mass is 375 g/mol. The van der Waals surface area contributed by atoms with Crippen molar-refractivity contribution in [2.45, 2.75) is 0 Å². The number of halogens is 2. The number of carbonyl (C=O) groups excluding carboxylic acids is 1. The zero-order chi connectivity index (χ0) is 18.8. The molecule has 0 atom stereocenters. The van der Waals surface area contributed by atoms with Crippen LogP contribution in [-0.2, 0) is 4.79 Å². The lowest BCUT2D eigenvalue weighted by atomic mass is 10.2. The highest BCUT2D eigenvalue weighted by molar-refractivity contribution is 8.18. The minimum absolute atomic E-state index is 0.0922. The van der Waals surface area contributed by atoms with Crippen LogP contribution in [0.2, 0.25) is 0 Å². The molecule has 1 fully saturated rings. The maximum atomic E-state index is 13.8. The highest BCUT2D eigenvalue weighted by Crippen LogP contribution is 2.34. The van der Waals surface area contributed by atoms with Gasteiger partial charge in [-0.15, -0.1) is 0 Å². The Hall–Kier alpha value is -3.07. The molecule has 0 saturated carbocycles. The van der Waals surface area contributed by atoms with E-state index in [1.165, 1.54) is 42.3 Å². The molecule has 1 saturated heterocycles. The van der Waals surface area contributed by atoms with E-state index in [4.69, 9.17) is 0 Å². The Bertz CT molecular complexity index is 975. The number of nitro groups is 1. The number of hydrogen-bond donors (Lipinski definition) is 0. The molecule has 1 amide bonds. The molecule has 1 heterocycles. The van der Waals surface area contributed by atoms with E-state index < -0.39 is 16.6 Å². The first-order valence-electron chi connectivity index (χ1n) is 7.31. The van der Waals surface area contributed by atoms with Gasteiger partial charge in [0, 0.05) is 25.2 Å². The first-order chi connectivity index (χ1) is 12.3. The Morgan fingerprint density at radius 2 is 2.00 bits per heavy atom. The molecule has 3 rings (SSSR count). The number of nitrogens with zero attached hydrogens (tertiary/aromatic N) is 3. The van der Waals surface area contributed by atoms with E-state index in [0.29, 0.717) is 11.6 Å². The van der Waals surface area contributed by atoms with E-state index in [-0.39, 0.29) is 27.4 Å². The van der Waals surface area contributed by atoms with E-state index in [0.717, 1.165) is 17.8 Å². The van der Waals surface area contributed by atoms with Gasteiger partial charge in [0.2, 0.25) is 0 Å². The summed E-state index contributed by atoms with van der Waals surface area (Å²) in [6.07, 6.45) is 1.50. The average molecular weight is 375 g/mol. The van der Waals surface area contributed by atoms with Crippen LogP contribution in [0.1, 0.15) is 5.56 Å². The molecular weight excluding hydrogens is 364 g/mol. The SMILES string of the molecule is CN1C(=O)/C(=C/c2cccc([N+](=O)[O-])c2)SC1=Nc1ccc(F)cc1F. The molecule has 0 bridgehead atoms. The summed E-state index contributed by atoms with van der Waals surface area (Å²) in [5.74, 6) is -1.93. The van der Waals surface area contributed by atoms with Gasteiger partial charge in [-0.05, 0) is 35.5 Å². The summed E-state index contributed by atoms with van der Waals surface area (Å²) in [7, 11) is 1.48. The molecule has 132 valence electrons. The van der Waals surface area contributed by atoms with Crippen LogP contribution in [-0.4, -0.2) is 27.9 Å². The molecule has 1 aliphatic heterocycles. The lowest BCUT2D eigenvalue weighted by Crippen LogP contribution is -2.23. The lowest BCUT2D eigenvalue weighted by molar-refractivity contribution is -0.384. The second-order valence-electron chi connectivity index (χ2n) is 5.32. The van der Waals surface area contributed by atoms with Gasteiger partial charge in [0.1, 0.15) is 11.5 Å². The zero-order valence-corrected chi connectivity index (χ0v) is 14.2. The smallest absolute Gasteiger partial charge is 0.270 e. The Balaban J connectivity index is 1.92. The Labute approximate surface area is 151 Å². The molecule has 2 aromatic rings. The van der Waals surface area contributed by atoms with Gasteiger partial charge in [-0.3, -0.25) is 19.8 Å². The molecule has 9 heteroatoms. The largest absolute Gasteiger partial charge is 0.290 e. The zero-order valence-electron chi connectivity index (χ0n) is 13.3. The number of aliphatic imine (C=N–C) groups is 1. The van der Waals surface area contributed by atoms with E-state index in [1.54, 1.807) is 6.07 Å². The van der Waals surface area contributed by atoms with Crippen LogP contribution in [0, 0.1) is 21.7 Å². The summed E-state index contributed by atoms with van der Waals surface area (Å²) in [4.78, 5) is 28.2. The normalized spacial score (nSPS) is 17.3. The highest BCUT2D eigenvalue weighted by atomic mass is 32.2. The van der Waals surface area contributed by atoms with Gasteiger partial charge in [0.25, 0.3) is 11.6 Å². The quantitative estimate of drug-likeness (QED) is 0.460. The third kappa shape index (κ3) is 3.62. The fourth-order valence-electron chi connectivity index (χ4n) is 2.21. The number of amides is 1. The van der Waals surface area contributed by atoms with Crippen LogP contribution in [0.15, 0.2) is 52.4 Å². The van der Waals surface area contributed by atoms with Crippen molar-refractivity contribution in [1.29, 1.82) is 0 Å². The minimum atomic E-state index is -0.838. The van der Waals surface area contributed by atoms with Crippen molar-refractivity contribution in [2.75, 3.05) is 7.05 Å². The third-order valence-corrected chi connectivity index (χ3v) is 4.57. The number of amidine groups is 1. The standard InChI is InChI=1S/C17H11F2N3O3S/c1-21-16(23)15(8-10-3-2-4-12(7-10)22(24)25)26-17(21)20-14-6-5-11(18)9-13(14)19/h2-9H,1H3/b15-8-,20-17?. The number of thioether (sulfide) groups is 1. The topological polar surface area (TPSA) is 75.8 Å². The van der Waals surface area contributed by atoms with Gasteiger partial charge in [-0.25, -0.2) is 13.8 Å². The van der Waals surface area contributed by atoms with E-state index in [9.17, 15) is 23.7 Å². The number of benzene rings is 2. The highest BCUT2D eigenvalue weighted by Gasteiger charge is 2.30. The van der Waals surface area contributed by atoms with Crippen molar-refractivity contribution >= 4 is 40.3 Å². The Morgan fingerprint density at radius 3 is 2.69 bits per heavy atom. The van der Waals surface area contributed by atoms with Crippen molar-refractivity contribution in [3.63, 3.8) is 0 Å². The summed E-state index contributed by atoms with van der Waals surface area (Å²) in [6, 6.07) is 8.80. The summed E-state index contributed by atoms with van der Waals surface area (Å²) >= 11 is 1.00. The molecular formula is C17H11F2N3O3S. The van der Waals surface area contributed by atoms with Crippen molar-refractivity contribution in [2.24, 2.45) is 4.99 Å². The summed E-state index contributed by atoms with van der Waals surface area (Å²) in [5, 5.41) is 11.1. The van der Waals surface area contributed by atoms with Crippen molar-refractivity contribution < 1.29 is 18.5 Å². The molecule has 26 heavy (non-hydrogen) atoms. The van der Waals surface area contributed by atoms with Gasteiger partial charge in [0.05, 0.1) is 9.83 Å². The second kappa shape index (κ2) is 7.04. The Kier molecular flexibility index (Phi) is 4.81. The van der Waals surface area contributed by atoms with E-state index in [1.807, 2.05) is 0 Å². The first kappa shape index (κ1) is 17.7. The molecule has 6 nitrogen and oxygen atoms in total. The number of nitro benzene ring substituents is 1. The number of hydrogen-bond acceptors (Lipinski definition) is 5. The summed E-state index contributed by atoms with van der Waals surface area (Å²) in [6.45, 7) is 0. The fourth-order valence-corrected chi connectivity index (χ4v) is 3.19. The van der Waals surface area contributed by atoms with Gasteiger partial charge in [-0.1, -0.05) is 12.1 Å². The number of likely N-dealkylation sites (N-methyl/N-ethyl adjacent to an activating group) is 1. The maximum absolute atomic E-state index is 13.8. The van der Waals surface area contributed by atoms with Crippen molar-refractivity contribution in [3.8, 4) is 0 Å². The lowest BCUT2D eigenvalue weighted by Gasteiger charge is -2.07. The Morgan fingerprint density at radius 1 is 1.23 bits per heavy atom. The average Bonchev–Trinajstić information content (AvgIpc) is 2.85. The summed E-state index contributed by atoms with van der Waals surface area (Å²) < 4.78 is 26.7. The van der Waals surface area contributed by atoms with Gasteiger partial charge < -0.3 is 0 Å². The van der Waals surface area contributed by atoms with Crippen LogP contribution < -0.4 is 0 Å². The van der Waals surface area contributed by atoms with Gasteiger partial charge in [0.15, 0.2) is 11.0 Å². The summed E-state index contributed by atoms with van der Waals surface area (Å²) in [5.41, 5.74) is 0.299. The molecule has 0 aromatic heterocycles.